The molecule has 1 heterocycles. The van der Waals surface area contributed by atoms with Gasteiger partial charge >= 0.3 is 0 Å². The number of nitrogens with zero attached hydrogens (tertiary/aromatic N) is 1. The van der Waals surface area contributed by atoms with Gasteiger partial charge in [-0.05, 0) is 18.6 Å². The first-order valence-corrected chi connectivity index (χ1v) is 5.15. The SMILES string of the molecule is Cc1ccc(C(F)F)nc1S(N)(=O)=O. The number of rotatable bonds is 2. The number of alkyl halides is 2. The first-order chi connectivity index (χ1) is 6.32. The summed E-state index contributed by atoms with van der Waals surface area (Å²) in [7, 11) is -4.03. The van der Waals surface area contributed by atoms with Gasteiger partial charge in [-0.25, -0.2) is 27.3 Å². The Balaban J connectivity index is 3.37. The molecule has 0 aromatic carbocycles. The maximum Gasteiger partial charge on any atom is 0.280 e. The molecule has 0 aliphatic carbocycles. The first-order valence-electron chi connectivity index (χ1n) is 3.61. The lowest BCUT2D eigenvalue weighted by atomic mass is 10.3. The normalized spacial score (nSPS) is 12.1. The van der Waals surface area contributed by atoms with Gasteiger partial charge in [0.1, 0.15) is 5.69 Å². The van der Waals surface area contributed by atoms with E-state index in [0.717, 1.165) is 6.07 Å². The second kappa shape index (κ2) is 3.58. The fraction of sp³-hybridized carbons (Fsp3) is 0.286. The number of nitrogens with two attached hydrogens (primary N) is 1. The highest BCUT2D eigenvalue weighted by atomic mass is 32.2. The summed E-state index contributed by atoms with van der Waals surface area (Å²) in [5, 5.41) is 4.29. The molecule has 0 aliphatic heterocycles. The van der Waals surface area contributed by atoms with E-state index in [9.17, 15) is 17.2 Å². The van der Waals surface area contributed by atoms with Crippen molar-refractivity contribution < 1.29 is 17.2 Å². The fourth-order valence-electron chi connectivity index (χ4n) is 0.934. The van der Waals surface area contributed by atoms with Crippen LogP contribution in [0.1, 0.15) is 17.7 Å². The predicted molar refractivity (Wildman–Crippen MR) is 45.3 cm³/mol. The highest BCUT2D eigenvalue weighted by molar-refractivity contribution is 7.89. The average molecular weight is 222 g/mol. The summed E-state index contributed by atoms with van der Waals surface area (Å²) in [6, 6.07) is 2.31. The van der Waals surface area contributed by atoms with E-state index in [1.54, 1.807) is 0 Å². The predicted octanol–water partition coefficient (Wildman–Crippen LogP) is 0.975. The van der Waals surface area contributed by atoms with Crippen LogP contribution < -0.4 is 5.14 Å². The molecule has 7 heteroatoms. The molecular formula is C7H8F2N2O2S. The highest BCUT2D eigenvalue weighted by Crippen LogP contribution is 2.19. The lowest BCUT2D eigenvalue weighted by Gasteiger charge is -2.04. The van der Waals surface area contributed by atoms with E-state index < -0.39 is 27.2 Å². The minimum atomic E-state index is -4.03. The average Bonchev–Trinajstić information content (AvgIpc) is 2.02. The minimum absolute atomic E-state index is 0.247. The molecular weight excluding hydrogens is 214 g/mol. The number of pyridine rings is 1. The molecule has 1 aromatic heterocycles. The standard InChI is InChI=1S/C7H8F2N2O2S/c1-4-2-3-5(6(8)9)11-7(4)14(10,12)13/h2-3,6H,1H3,(H2,10,12,13). The summed E-state index contributed by atoms with van der Waals surface area (Å²) < 4.78 is 46.1. The van der Waals surface area contributed by atoms with E-state index in [1.807, 2.05) is 0 Å². The maximum absolute atomic E-state index is 12.2. The van der Waals surface area contributed by atoms with Crippen LogP contribution in [-0.2, 0) is 10.0 Å². The van der Waals surface area contributed by atoms with Crippen molar-refractivity contribution in [3.05, 3.63) is 23.4 Å². The maximum atomic E-state index is 12.2. The molecule has 0 atom stereocenters. The van der Waals surface area contributed by atoms with E-state index in [2.05, 4.69) is 4.98 Å². The van der Waals surface area contributed by atoms with Gasteiger partial charge in [-0.2, -0.15) is 0 Å². The second-order valence-corrected chi connectivity index (χ2v) is 4.18. The Labute approximate surface area is 79.8 Å². The summed E-state index contributed by atoms with van der Waals surface area (Å²) in [5.41, 5.74) is -0.350. The lowest BCUT2D eigenvalue weighted by Crippen LogP contribution is -2.16. The van der Waals surface area contributed by atoms with E-state index in [0.29, 0.717) is 0 Å². The summed E-state index contributed by atoms with van der Waals surface area (Å²) in [6.07, 6.45) is -2.81. The zero-order chi connectivity index (χ0) is 10.9. The number of aromatic nitrogens is 1. The Morgan fingerprint density at radius 3 is 2.43 bits per heavy atom. The summed E-state index contributed by atoms with van der Waals surface area (Å²) >= 11 is 0. The third kappa shape index (κ3) is 2.24. The van der Waals surface area contributed by atoms with Crippen LogP contribution in [0.4, 0.5) is 8.78 Å². The van der Waals surface area contributed by atoms with Crippen molar-refractivity contribution in [2.45, 2.75) is 18.4 Å². The number of primary sulfonamides is 1. The molecule has 0 unspecified atom stereocenters. The Kier molecular flexibility index (Phi) is 2.81. The molecule has 1 aromatic rings. The van der Waals surface area contributed by atoms with E-state index >= 15 is 0 Å². The molecule has 0 saturated heterocycles. The summed E-state index contributed by atoms with van der Waals surface area (Å²) in [6.45, 7) is 1.43. The molecule has 0 saturated carbocycles. The van der Waals surface area contributed by atoms with Gasteiger partial charge in [0.05, 0.1) is 0 Å². The van der Waals surface area contributed by atoms with Crippen molar-refractivity contribution >= 4 is 10.0 Å². The van der Waals surface area contributed by atoms with Gasteiger partial charge in [-0.3, -0.25) is 0 Å². The Morgan fingerprint density at radius 1 is 1.43 bits per heavy atom. The number of halogens is 2. The quantitative estimate of drug-likeness (QED) is 0.810. The van der Waals surface area contributed by atoms with E-state index in [1.165, 1.54) is 13.0 Å². The molecule has 0 bridgehead atoms. The molecule has 2 N–H and O–H groups in total. The minimum Gasteiger partial charge on any atom is -0.234 e. The van der Waals surface area contributed by atoms with Crippen LogP contribution in [0.3, 0.4) is 0 Å². The molecule has 1 rings (SSSR count). The molecule has 0 aliphatic rings. The molecule has 0 fully saturated rings. The van der Waals surface area contributed by atoms with Crippen molar-refractivity contribution in [3.63, 3.8) is 0 Å². The van der Waals surface area contributed by atoms with Gasteiger partial charge in [0.15, 0.2) is 5.03 Å². The molecule has 78 valence electrons. The third-order valence-electron chi connectivity index (χ3n) is 1.57. The van der Waals surface area contributed by atoms with Gasteiger partial charge in [0.25, 0.3) is 16.4 Å². The van der Waals surface area contributed by atoms with Crippen molar-refractivity contribution in [1.29, 1.82) is 0 Å². The number of sulfonamides is 1. The zero-order valence-electron chi connectivity index (χ0n) is 7.24. The molecule has 0 amide bonds. The van der Waals surface area contributed by atoms with Crippen molar-refractivity contribution in [3.8, 4) is 0 Å². The summed E-state index contributed by atoms with van der Waals surface area (Å²) in [5.74, 6) is 0. The first kappa shape index (κ1) is 11.0. The molecule has 0 radical (unpaired) electrons. The third-order valence-corrected chi connectivity index (χ3v) is 2.52. The van der Waals surface area contributed by atoms with Crippen LogP contribution in [0.25, 0.3) is 0 Å². The van der Waals surface area contributed by atoms with Crippen LogP contribution in [-0.4, -0.2) is 13.4 Å². The number of hydrogen-bond donors (Lipinski definition) is 1. The second-order valence-electron chi connectivity index (χ2n) is 2.70. The number of aryl methyl sites for hydroxylation is 1. The van der Waals surface area contributed by atoms with Gasteiger partial charge in [-0.1, -0.05) is 6.07 Å². The Hall–Kier alpha value is -1.08. The van der Waals surface area contributed by atoms with Crippen molar-refractivity contribution in [1.82, 2.24) is 4.98 Å². The van der Waals surface area contributed by atoms with E-state index in [4.69, 9.17) is 5.14 Å². The Bertz CT molecular complexity index is 445. The molecule has 14 heavy (non-hydrogen) atoms. The zero-order valence-corrected chi connectivity index (χ0v) is 8.05. The van der Waals surface area contributed by atoms with Gasteiger partial charge in [0, 0.05) is 0 Å². The van der Waals surface area contributed by atoms with Gasteiger partial charge in [-0.15, -0.1) is 0 Å². The monoisotopic (exact) mass is 222 g/mol. The van der Waals surface area contributed by atoms with Gasteiger partial charge < -0.3 is 0 Å². The van der Waals surface area contributed by atoms with Crippen LogP contribution >= 0.6 is 0 Å². The van der Waals surface area contributed by atoms with Crippen LogP contribution in [0, 0.1) is 6.92 Å². The smallest absolute Gasteiger partial charge is 0.234 e. The van der Waals surface area contributed by atoms with Crippen molar-refractivity contribution in [2.75, 3.05) is 0 Å². The summed E-state index contributed by atoms with van der Waals surface area (Å²) in [4.78, 5) is 3.28. The van der Waals surface area contributed by atoms with Crippen LogP contribution in [0.15, 0.2) is 17.2 Å². The topological polar surface area (TPSA) is 73.0 Å². The van der Waals surface area contributed by atoms with Gasteiger partial charge in [0.2, 0.25) is 0 Å². The largest absolute Gasteiger partial charge is 0.280 e. The fourth-order valence-corrected chi connectivity index (χ4v) is 1.68. The lowest BCUT2D eigenvalue weighted by molar-refractivity contribution is 0.145. The highest BCUT2D eigenvalue weighted by Gasteiger charge is 2.17. The molecule has 0 spiro atoms. The van der Waals surface area contributed by atoms with Crippen LogP contribution in [0.2, 0.25) is 0 Å². The Morgan fingerprint density at radius 2 is 2.00 bits per heavy atom. The van der Waals surface area contributed by atoms with Crippen LogP contribution in [0.5, 0.6) is 0 Å². The molecule has 4 nitrogen and oxygen atoms in total. The van der Waals surface area contributed by atoms with E-state index in [-0.39, 0.29) is 5.56 Å². The van der Waals surface area contributed by atoms with Crippen molar-refractivity contribution in [2.24, 2.45) is 5.14 Å². The number of hydrogen-bond acceptors (Lipinski definition) is 3.